The smallest absolute Gasteiger partial charge is 0.168 e. The molecule has 1 aromatic carbocycles. The van der Waals surface area contributed by atoms with E-state index >= 15 is 0 Å². The van der Waals surface area contributed by atoms with Crippen LogP contribution in [0.15, 0.2) is 16.6 Å². The van der Waals surface area contributed by atoms with E-state index in [0.717, 1.165) is 5.56 Å². The number of hydrogen-bond acceptors (Lipinski definition) is 1. The van der Waals surface area contributed by atoms with Crippen LogP contribution in [0.25, 0.3) is 0 Å². The molecule has 0 aromatic heterocycles. The van der Waals surface area contributed by atoms with E-state index in [4.69, 9.17) is 4.74 Å². The fraction of sp³-hybridized carbons (Fsp3) is 0.400. The number of benzene rings is 1. The molecule has 0 bridgehead atoms. The maximum Gasteiger partial charge on any atom is 0.168 e. The molecule has 0 aliphatic heterocycles. The van der Waals surface area contributed by atoms with E-state index in [1.54, 1.807) is 0 Å². The van der Waals surface area contributed by atoms with E-state index in [1.165, 1.54) is 13.2 Å². The van der Waals surface area contributed by atoms with Crippen LogP contribution in [0.1, 0.15) is 25.3 Å². The van der Waals surface area contributed by atoms with Gasteiger partial charge in [-0.1, -0.05) is 13.8 Å². The molecule has 0 saturated carbocycles. The first-order valence-corrected chi connectivity index (χ1v) is 4.88. The number of methoxy groups -OCH3 is 1. The largest absolute Gasteiger partial charge is 0.492 e. The minimum Gasteiger partial charge on any atom is -0.492 e. The third-order valence-corrected chi connectivity index (χ3v) is 2.48. The van der Waals surface area contributed by atoms with Gasteiger partial charge >= 0.3 is 0 Å². The molecule has 0 heterocycles. The van der Waals surface area contributed by atoms with Gasteiger partial charge in [-0.05, 0) is 39.5 Å². The standard InChI is InChI=1S/C10H12BrFO/c1-6(2)7-4-8(11)10(13-3)9(12)5-7/h4-6H,1-3H3. The third kappa shape index (κ3) is 2.21. The van der Waals surface area contributed by atoms with Gasteiger partial charge in [-0.2, -0.15) is 0 Å². The van der Waals surface area contributed by atoms with Crippen LogP contribution in [-0.4, -0.2) is 7.11 Å². The van der Waals surface area contributed by atoms with Gasteiger partial charge in [-0.3, -0.25) is 0 Å². The van der Waals surface area contributed by atoms with Gasteiger partial charge in [0, 0.05) is 0 Å². The summed E-state index contributed by atoms with van der Waals surface area (Å²) < 4.78 is 18.9. The van der Waals surface area contributed by atoms with Crippen molar-refractivity contribution in [1.29, 1.82) is 0 Å². The quantitative estimate of drug-likeness (QED) is 0.773. The fourth-order valence-corrected chi connectivity index (χ4v) is 1.72. The normalized spacial score (nSPS) is 10.6. The van der Waals surface area contributed by atoms with E-state index in [2.05, 4.69) is 15.9 Å². The highest BCUT2D eigenvalue weighted by Gasteiger charge is 2.10. The Bertz CT molecular complexity index is 287. The molecule has 1 rings (SSSR count). The summed E-state index contributed by atoms with van der Waals surface area (Å²) >= 11 is 3.26. The Labute approximate surface area is 86.0 Å². The highest BCUT2D eigenvalue weighted by Crippen LogP contribution is 2.31. The zero-order valence-electron chi connectivity index (χ0n) is 7.90. The minimum atomic E-state index is -0.319. The molecular weight excluding hydrogens is 235 g/mol. The fourth-order valence-electron chi connectivity index (χ4n) is 1.11. The Kier molecular flexibility index (Phi) is 3.31. The number of hydrogen-bond donors (Lipinski definition) is 0. The van der Waals surface area contributed by atoms with Gasteiger partial charge in [0.15, 0.2) is 11.6 Å². The topological polar surface area (TPSA) is 9.23 Å². The number of rotatable bonds is 2. The Morgan fingerprint density at radius 2 is 2.00 bits per heavy atom. The van der Waals surface area contributed by atoms with Crippen LogP contribution in [0.3, 0.4) is 0 Å². The van der Waals surface area contributed by atoms with Gasteiger partial charge in [0.25, 0.3) is 0 Å². The van der Waals surface area contributed by atoms with E-state index in [0.29, 0.717) is 10.4 Å². The van der Waals surface area contributed by atoms with Gasteiger partial charge in [-0.15, -0.1) is 0 Å². The summed E-state index contributed by atoms with van der Waals surface area (Å²) in [5.41, 5.74) is 0.963. The monoisotopic (exact) mass is 246 g/mol. The predicted molar refractivity (Wildman–Crippen MR) is 54.7 cm³/mol. The van der Waals surface area contributed by atoms with E-state index in [-0.39, 0.29) is 11.6 Å². The van der Waals surface area contributed by atoms with Crippen molar-refractivity contribution in [3.8, 4) is 5.75 Å². The van der Waals surface area contributed by atoms with Gasteiger partial charge in [0.1, 0.15) is 0 Å². The van der Waals surface area contributed by atoms with Crippen molar-refractivity contribution in [2.75, 3.05) is 7.11 Å². The SMILES string of the molecule is COc1c(F)cc(C(C)C)cc1Br. The van der Waals surface area contributed by atoms with Crippen LogP contribution in [0, 0.1) is 5.82 Å². The third-order valence-electron chi connectivity index (χ3n) is 1.89. The van der Waals surface area contributed by atoms with Crippen molar-refractivity contribution in [3.63, 3.8) is 0 Å². The molecule has 0 saturated heterocycles. The van der Waals surface area contributed by atoms with Crippen molar-refractivity contribution in [1.82, 2.24) is 0 Å². The predicted octanol–water partition coefficient (Wildman–Crippen LogP) is 3.72. The molecule has 1 aromatic rings. The zero-order valence-corrected chi connectivity index (χ0v) is 9.48. The summed E-state index contributed by atoms with van der Waals surface area (Å²) in [7, 11) is 1.46. The lowest BCUT2D eigenvalue weighted by molar-refractivity contribution is 0.383. The molecule has 0 aliphatic carbocycles. The molecule has 72 valence electrons. The summed E-state index contributed by atoms with van der Waals surface area (Å²) in [6.45, 7) is 4.04. The minimum absolute atomic E-state index is 0.268. The lowest BCUT2D eigenvalue weighted by atomic mass is 10.0. The van der Waals surface area contributed by atoms with Crippen molar-refractivity contribution in [2.24, 2.45) is 0 Å². The second kappa shape index (κ2) is 4.09. The molecule has 0 atom stereocenters. The zero-order chi connectivity index (χ0) is 10.0. The van der Waals surface area contributed by atoms with Crippen LogP contribution < -0.4 is 4.74 Å². The molecule has 0 unspecified atom stereocenters. The average molecular weight is 247 g/mol. The summed E-state index contributed by atoms with van der Waals surface area (Å²) in [6.07, 6.45) is 0. The molecule has 0 N–H and O–H groups in total. The highest BCUT2D eigenvalue weighted by atomic mass is 79.9. The molecule has 3 heteroatoms. The second-order valence-corrected chi connectivity index (χ2v) is 4.03. The summed E-state index contributed by atoms with van der Waals surface area (Å²) in [6, 6.07) is 3.39. The van der Waals surface area contributed by atoms with Crippen LogP contribution in [0.2, 0.25) is 0 Å². The molecule has 0 spiro atoms. The highest BCUT2D eigenvalue weighted by molar-refractivity contribution is 9.10. The molecule has 0 fully saturated rings. The summed E-state index contributed by atoms with van der Waals surface area (Å²) in [5, 5.41) is 0. The second-order valence-electron chi connectivity index (χ2n) is 3.17. The van der Waals surface area contributed by atoms with Crippen molar-refractivity contribution >= 4 is 15.9 Å². The molecule has 13 heavy (non-hydrogen) atoms. The van der Waals surface area contributed by atoms with Crippen molar-refractivity contribution in [3.05, 3.63) is 28.0 Å². The summed E-state index contributed by atoms with van der Waals surface area (Å²) in [5.74, 6) is 0.265. The number of halogens is 2. The first kappa shape index (κ1) is 10.5. The van der Waals surface area contributed by atoms with Crippen LogP contribution in [0.5, 0.6) is 5.75 Å². The van der Waals surface area contributed by atoms with E-state index in [1.807, 2.05) is 19.9 Å². The maximum atomic E-state index is 13.3. The van der Waals surface area contributed by atoms with E-state index < -0.39 is 0 Å². The Hall–Kier alpha value is -0.570. The van der Waals surface area contributed by atoms with Gasteiger partial charge in [0.2, 0.25) is 0 Å². The van der Waals surface area contributed by atoms with Gasteiger partial charge in [-0.25, -0.2) is 4.39 Å². The van der Waals surface area contributed by atoms with Crippen LogP contribution >= 0.6 is 15.9 Å². The molecule has 0 aliphatic rings. The van der Waals surface area contributed by atoms with Crippen molar-refractivity contribution in [2.45, 2.75) is 19.8 Å². The van der Waals surface area contributed by atoms with Crippen LogP contribution in [0.4, 0.5) is 4.39 Å². The average Bonchev–Trinajstić information content (AvgIpc) is 2.03. The molecule has 0 radical (unpaired) electrons. The van der Waals surface area contributed by atoms with Gasteiger partial charge < -0.3 is 4.74 Å². The lowest BCUT2D eigenvalue weighted by Crippen LogP contribution is -1.94. The molecule has 1 nitrogen and oxygen atoms in total. The van der Waals surface area contributed by atoms with Crippen LogP contribution in [-0.2, 0) is 0 Å². The Morgan fingerprint density at radius 3 is 2.38 bits per heavy atom. The van der Waals surface area contributed by atoms with Crippen molar-refractivity contribution < 1.29 is 9.13 Å². The lowest BCUT2D eigenvalue weighted by Gasteiger charge is -2.10. The Morgan fingerprint density at radius 1 is 1.38 bits per heavy atom. The maximum absolute atomic E-state index is 13.3. The van der Waals surface area contributed by atoms with E-state index in [9.17, 15) is 4.39 Å². The Balaban J connectivity index is 3.20. The number of ether oxygens (including phenoxy) is 1. The molecule has 0 amide bonds. The molecular formula is C10H12BrFO. The first-order valence-electron chi connectivity index (χ1n) is 4.09. The summed E-state index contributed by atoms with van der Waals surface area (Å²) in [4.78, 5) is 0. The van der Waals surface area contributed by atoms with Gasteiger partial charge in [0.05, 0.1) is 11.6 Å². The first-order chi connectivity index (χ1) is 6.06.